The van der Waals surface area contributed by atoms with Crippen molar-refractivity contribution < 1.29 is 22.7 Å². The van der Waals surface area contributed by atoms with E-state index in [0.717, 1.165) is 10.0 Å². The maximum absolute atomic E-state index is 12.1. The molecule has 0 heterocycles. The SMILES string of the molecule is C[C@@H](OC(=O)/C=C/c1cccc(Br)c1)C(=O)Nc1ccc(S(N)(=O)=O)cc1. The fourth-order valence-corrected chi connectivity index (χ4v) is 2.95. The Kier molecular flexibility index (Phi) is 6.89. The minimum absolute atomic E-state index is 0.0716. The molecule has 0 fully saturated rings. The Morgan fingerprint density at radius 2 is 1.85 bits per heavy atom. The van der Waals surface area contributed by atoms with Gasteiger partial charge in [-0.25, -0.2) is 18.4 Å². The van der Waals surface area contributed by atoms with Crippen LogP contribution in [0.5, 0.6) is 0 Å². The van der Waals surface area contributed by atoms with Gasteiger partial charge in [-0.3, -0.25) is 4.79 Å². The third kappa shape index (κ3) is 6.63. The summed E-state index contributed by atoms with van der Waals surface area (Å²) in [5.41, 5.74) is 1.15. The number of primary sulfonamides is 1. The number of halogens is 1. The second-order valence-electron chi connectivity index (χ2n) is 5.53. The molecule has 2 aromatic rings. The molecular weight excluding hydrogens is 436 g/mol. The largest absolute Gasteiger partial charge is 0.449 e. The van der Waals surface area contributed by atoms with Crippen molar-refractivity contribution in [3.63, 3.8) is 0 Å². The predicted molar refractivity (Wildman–Crippen MR) is 105 cm³/mol. The van der Waals surface area contributed by atoms with Crippen LogP contribution in [-0.4, -0.2) is 26.4 Å². The van der Waals surface area contributed by atoms with Crippen LogP contribution in [0.2, 0.25) is 0 Å². The van der Waals surface area contributed by atoms with Crippen molar-refractivity contribution in [2.24, 2.45) is 5.14 Å². The zero-order valence-corrected chi connectivity index (χ0v) is 16.7. The smallest absolute Gasteiger partial charge is 0.331 e. The fraction of sp³-hybridized carbons (Fsp3) is 0.111. The minimum Gasteiger partial charge on any atom is -0.449 e. The van der Waals surface area contributed by atoms with Crippen molar-refractivity contribution >= 4 is 49.6 Å². The second kappa shape index (κ2) is 8.94. The lowest BCUT2D eigenvalue weighted by atomic mass is 10.2. The Labute approximate surface area is 165 Å². The van der Waals surface area contributed by atoms with Gasteiger partial charge in [0.25, 0.3) is 5.91 Å². The Bertz CT molecular complexity index is 972. The van der Waals surface area contributed by atoms with E-state index in [-0.39, 0.29) is 4.90 Å². The van der Waals surface area contributed by atoms with E-state index >= 15 is 0 Å². The predicted octanol–water partition coefficient (Wildman–Crippen LogP) is 2.68. The van der Waals surface area contributed by atoms with E-state index in [1.165, 1.54) is 37.3 Å². The molecule has 2 rings (SSSR count). The average Bonchev–Trinajstić information content (AvgIpc) is 2.59. The van der Waals surface area contributed by atoms with E-state index in [1.54, 1.807) is 6.08 Å². The highest BCUT2D eigenvalue weighted by molar-refractivity contribution is 9.10. The van der Waals surface area contributed by atoms with Crippen molar-refractivity contribution in [2.45, 2.75) is 17.9 Å². The standard InChI is InChI=1S/C18H17BrN2O5S/c1-12(26-17(22)10-5-13-3-2-4-14(19)11-13)18(23)21-15-6-8-16(9-7-15)27(20,24)25/h2-12H,1H3,(H,21,23)(H2,20,24,25)/b10-5+/t12-/m1/s1. The molecule has 0 saturated carbocycles. The van der Waals surface area contributed by atoms with Crippen molar-refractivity contribution in [2.75, 3.05) is 5.32 Å². The summed E-state index contributed by atoms with van der Waals surface area (Å²) in [5.74, 6) is -1.22. The van der Waals surface area contributed by atoms with Crippen LogP contribution in [-0.2, 0) is 24.3 Å². The summed E-state index contributed by atoms with van der Waals surface area (Å²) in [4.78, 5) is 23.9. The van der Waals surface area contributed by atoms with E-state index in [9.17, 15) is 18.0 Å². The molecule has 0 radical (unpaired) electrons. The first kappa shape index (κ1) is 20.8. The highest BCUT2D eigenvalue weighted by Gasteiger charge is 2.17. The number of anilines is 1. The maximum atomic E-state index is 12.1. The van der Waals surface area contributed by atoms with Gasteiger partial charge in [-0.05, 0) is 55.0 Å². The van der Waals surface area contributed by atoms with Gasteiger partial charge in [0.1, 0.15) is 0 Å². The van der Waals surface area contributed by atoms with Crippen LogP contribution in [0.15, 0.2) is 64.0 Å². The molecule has 0 aliphatic heterocycles. The summed E-state index contributed by atoms with van der Waals surface area (Å²) in [7, 11) is -3.80. The normalized spacial score (nSPS) is 12.6. The van der Waals surface area contributed by atoms with Gasteiger partial charge < -0.3 is 10.1 Å². The number of sulfonamides is 1. The van der Waals surface area contributed by atoms with Crippen molar-refractivity contribution in [3.8, 4) is 0 Å². The molecule has 1 atom stereocenters. The van der Waals surface area contributed by atoms with Crippen molar-refractivity contribution in [1.29, 1.82) is 0 Å². The van der Waals surface area contributed by atoms with E-state index in [0.29, 0.717) is 5.69 Å². The van der Waals surface area contributed by atoms with Gasteiger partial charge in [-0.15, -0.1) is 0 Å². The van der Waals surface area contributed by atoms with Crippen LogP contribution < -0.4 is 10.5 Å². The van der Waals surface area contributed by atoms with Crippen LogP contribution in [0.3, 0.4) is 0 Å². The number of carbonyl (C=O) groups is 2. The molecular formula is C18H17BrN2O5S. The topological polar surface area (TPSA) is 116 Å². The Morgan fingerprint density at radius 3 is 2.44 bits per heavy atom. The highest BCUT2D eigenvalue weighted by atomic mass is 79.9. The van der Waals surface area contributed by atoms with E-state index in [2.05, 4.69) is 21.2 Å². The number of ether oxygens (including phenoxy) is 1. The lowest BCUT2D eigenvalue weighted by Gasteiger charge is -2.12. The minimum atomic E-state index is -3.80. The Balaban J connectivity index is 1.92. The molecule has 0 saturated heterocycles. The number of carbonyl (C=O) groups excluding carboxylic acids is 2. The first-order chi connectivity index (χ1) is 12.6. The monoisotopic (exact) mass is 452 g/mol. The molecule has 1 amide bonds. The molecule has 0 unspecified atom stereocenters. The molecule has 0 aliphatic rings. The molecule has 0 bridgehead atoms. The van der Waals surface area contributed by atoms with Gasteiger partial charge in [0.05, 0.1) is 4.90 Å². The van der Waals surface area contributed by atoms with Gasteiger partial charge in [-0.1, -0.05) is 28.1 Å². The van der Waals surface area contributed by atoms with E-state index < -0.39 is 28.0 Å². The zero-order chi connectivity index (χ0) is 20.0. The molecule has 7 nitrogen and oxygen atoms in total. The third-order valence-electron chi connectivity index (χ3n) is 3.37. The van der Waals surface area contributed by atoms with Crippen LogP contribution in [0.1, 0.15) is 12.5 Å². The molecule has 142 valence electrons. The quantitative estimate of drug-likeness (QED) is 0.516. The number of hydrogen-bond donors (Lipinski definition) is 2. The number of hydrogen-bond acceptors (Lipinski definition) is 5. The van der Waals surface area contributed by atoms with Crippen LogP contribution in [0.25, 0.3) is 6.08 Å². The summed E-state index contributed by atoms with van der Waals surface area (Å²) >= 11 is 3.33. The summed E-state index contributed by atoms with van der Waals surface area (Å²) in [6, 6.07) is 12.6. The second-order valence-corrected chi connectivity index (χ2v) is 8.00. The van der Waals surface area contributed by atoms with E-state index in [1.807, 2.05) is 24.3 Å². The fourth-order valence-electron chi connectivity index (χ4n) is 2.01. The first-order valence-electron chi connectivity index (χ1n) is 7.73. The number of rotatable bonds is 6. The number of nitrogens with two attached hydrogens (primary N) is 1. The lowest BCUT2D eigenvalue weighted by molar-refractivity contribution is -0.148. The first-order valence-corrected chi connectivity index (χ1v) is 10.1. The number of benzene rings is 2. The van der Waals surface area contributed by atoms with Crippen LogP contribution in [0.4, 0.5) is 5.69 Å². The highest BCUT2D eigenvalue weighted by Crippen LogP contribution is 2.14. The van der Waals surface area contributed by atoms with Gasteiger partial charge >= 0.3 is 5.97 Å². The molecule has 9 heteroatoms. The lowest BCUT2D eigenvalue weighted by Crippen LogP contribution is -2.29. The average molecular weight is 453 g/mol. The maximum Gasteiger partial charge on any atom is 0.331 e. The molecule has 0 aromatic heterocycles. The van der Waals surface area contributed by atoms with E-state index in [4.69, 9.17) is 9.88 Å². The molecule has 0 aliphatic carbocycles. The third-order valence-corrected chi connectivity index (χ3v) is 4.80. The summed E-state index contributed by atoms with van der Waals surface area (Å²) in [5, 5.41) is 7.53. The Hall–Kier alpha value is -2.49. The van der Waals surface area contributed by atoms with Gasteiger partial charge in [0.2, 0.25) is 10.0 Å². The molecule has 0 spiro atoms. The molecule has 2 aromatic carbocycles. The number of amides is 1. The summed E-state index contributed by atoms with van der Waals surface area (Å²) in [6.07, 6.45) is 1.76. The summed E-state index contributed by atoms with van der Waals surface area (Å²) in [6.45, 7) is 1.43. The number of nitrogens with one attached hydrogen (secondary N) is 1. The van der Waals surface area contributed by atoms with Gasteiger partial charge in [0.15, 0.2) is 6.10 Å². The van der Waals surface area contributed by atoms with Crippen LogP contribution >= 0.6 is 15.9 Å². The van der Waals surface area contributed by atoms with Gasteiger partial charge in [0, 0.05) is 16.2 Å². The van der Waals surface area contributed by atoms with Crippen molar-refractivity contribution in [3.05, 3.63) is 64.6 Å². The molecule has 27 heavy (non-hydrogen) atoms. The van der Waals surface area contributed by atoms with Gasteiger partial charge in [-0.2, -0.15) is 0 Å². The number of esters is 1. The van der Waals surface area contributed by atoms with Crippen LogP contribution in [0, 0.1) is 0 Å². The van der Waals surface area contributed by atoms with Crippen molar-refractivity contribution in [1.82, 2.24) is 0 Å². The Morgan fingerprint density at radius 1 is 1.19 bits per heavy atom. The molecule has 3 N–H and O–H groups in total. The zero-order valence-electron chi connectivity index (χ0n) is 14.3. The summed E-state index contributed by atoms with van der Waals surface area (Å²) < 4.78 is 28.3.